The number of benzene rings is 2. The highest BCUT2D eigenvalue weighted by atomic mass is 19.1. The largest absolute Gasteiger partial charge is 0.426 e. The molecule has 2 fully saturated rings. The van der Waals surface area contributed by atoms with Crippen molar-refractivity contribution in [2.75, 3.05) is 18.0 Å². The first-order valence-corrected chi connectivity index (χ1v) is 11.8. The van der Waals surface area contributed by atoms with Crippen molar-refractivity contribution < 1.29 is 18.3 Å². The monoisotopic (exact) mass is 480 g/mol. The van der Waals surface area contributed by atoms with Gasteiger partial charge in [-0.1, -0.05) is 37.8 Å². The van der Waals surface area contributed by atoms with E-state index in [1.807, 2.05) is 49.1 Å². The van der Waals surface area contributed by atoms with E-state index in [-0.39, 0.29) is 17.6 Å². The first-order valence-electron chi connectivity index (χ1n) is 11.8. The van der Waals surface area contributed by atoms with Gasteiger partial charge in [0.25, 0.3) is 6.02 Å². The number of amides is 1. The summed E-state index contributed by atoms with van der Waals surface area (Å²) in [6.45, 7) is 8.62. The van der Waals surface area contributed by atoms with E-state index in [1.54, 1.807) is 0 Å². The van der Waals surface area contributed by atoms with Crippen LogP contribution in [0.5, 0.6) is 0 Å². The lowest BCUT2D eigenvalue weighted by molar-refractivity contribution is -0.123. The van der Waals surface area contributed by atoms with Gasteiger partial charge in [-0.15, -0.1) is 0 Å². The second kappa shape index (κ2) is 10.3. The third kappa shape index (κ3) is 5.37. The molecule has 2 aromatic rings. The molecule has 4 rings (SSSR count). The molecule has 1 unspecified atom stereocenters. The maximum absolute atomic E-state index is 14.9. The third-order valence-electron chi connectivity index (χ3n) is 6.32. The van der Waals surface area contributed by atoms with Gasteiger partial charge >= 0.3 is 0 Å². The van der Waals surface area contributed by atoms with Gasteiger partial charge in [0, 0.05) is 35.6 Å². The molecule has 3 N–H and O–H groups in total. The average molecular weight is 481 g/mol. The van der Waals surface area contributed by atoms with Gasteiger partial charge in [0.15, 0.2) is 0 Å². The predicted octanol–water partition coefficient (Wildman–Crippen LogP) is 4.75. The van der Waals surface area contributed by atoms with E-state index in [4.69, 9.17) is 10.5 Å². The van der Waals surface area contributed by atoms with Gasteiger partial charge in [-0.25, -0.2) is 13.8 Å². The Bertz CT molecular complexity index is 1180. The SMILES string of the molecule is C=C1CCC(c2c(F)cc(N3CC(N=C(N)O/C(=C/CC)c4ccccc4C)C3)cc2F)C(=O)N1. The van der Waals surface area contributed by atoms with Crippen molar-refractivity contribution in [3.8, 4) is 0 Å². The van der Waals surface area contributed by atoms with Crippen LogP contribution in [0.1, 0.15) is 48.8 Å². The van der Waals surface area contributed by atoms with Crippen molar-refractivity contribution in [1.29, 1.82) is 0 Å². The summed E-state index contributed by atoms with van der Waals surface area (Å²) in [6.07, 6.45) is 3.55. The van der Waals surface area contributed by atoms with Crippen LogP contribution in [0.3, 0.4) is 0 Å². The summed E-state index contributed by atoms with van der Waals surface area (Å²) in [7, 11) is 0. The first kappa shape index (κ1) is 24.4. The van der Waals surface area contributed by atoms with E-state index in [9.17, 15) is 13.6 Å². The minimum absolute atomic E-state index is 0.0511. The molecule has 0 bridgehead atoms. The van der Waals surface area contributed by atoms with Crippen LogP contribution in [0, 0.1) is 18.6 Å². The zero-order valence-corrected chi connectivity index (χ0v) is 20.0. The molecule has 2 heterocycles. The Morgan fingerprint density at radius 1 is 1.29 bits per heavy atom. The van der Waals surface area contributed by atoms with Gasteiger partial charge in [-0.2, -0.15) is 0 Å². The summed E-state index contributed by atoms with van der Waals surface area (Å²) >= 11 is 0. The van der Waals surface area contributed by atoms with Gasteiger partial charge in [-0.05, 0) is 50.0 Å². The van der Waals surface area contributed by atoms with Gasteiger partial charge in [0.1, 0.15) is 17.4 Å². The van der Waals surface area contributed by atoms with Gasteiger partial charge in [-0.3, -0.25) is 4.79 Å². The Hall–Kier alpha value is -3.68. The molecule has 0 spiro atoms. The van der Waals surface area contributed by atoms with E-state index < -0.39 is 23.5 Å². The second-order valence-electron chi connectivity index (χ2n) is 8.93. The predicted molar refractivity (Wildman–Crippen MR) is 134 cm³/mol. The fraction of sp³-hybridized carbons (Fsp3) is 0.333. The molecule has 2 saturated heterocycles. The number of nitrogens with one attached hydrogen (secondary N) is 1. The molecule has 0 aromatic heterocycles. The number of allylic oxidation sites excluding steroid dienone is 2. The quantitative estimate of drug-likeness (QED) is 0.355. The summed E-state index contributed by atoms with van der Waals surface area (Å²) in [5.41, 5.74) is 8.85. The maximum Gasteiger partial charge on any atom is 0.287 e. The fourth-order valence-electron chi connectivity index (χ4n) is 4.44. The fourth-order valence-corrected chi connectivity index (χ4v) is 4.44. The van der Waals surface area contributed by atoms with Gasteiger partial charge < -0.3 is 20.7 Å². The summed E-state index contributed by atoms with van der Waals surface area (Å²) in [5.74, 6) is -2.09. The van der Waals surface area contributed by atoms with Gasteiger partial charge in [0.05, 0.1) is 12.0 Å². The van der Waals surface area contributed by atoms with Crippen LogP contribution in [-0.2, 0) is 9.53 Å². The molecule has 1 atom stereocenters. The van der Waals surface area contributed by atoms with Crippen LogP contribution in [-0.4, -0.2) is 31.1 Å². The van der Waals surface area contributed by atoms with Gasteiger partial charge in [0.2, 0.25) is 5.91 Å². The molecule has 6 nitrogen and oxygen atoms in total. The minimum atomic E-state index is -0.862. The lowest BCUT2D eigenvalue weighted by atomic mass is 9.88. The zero-order valence-electron chi connectivity index (χ0n) is 20.0. The van der Waals surface area contributed by atoms with Crippen molar-refractivity contribution in [3.05, 3.63) is 83.1 Å². The maximum atomic E-state index is 14.9. The molecule has 35 heavy (non-hydrogen) atoms. The number of carbonyl (C=O) groups is 1. The van der Waals surface area contributed by atoms with E-state index in [2.05, 4.69) is 16.9 Å². The highest BCUT2D eigenvalue weighted by Gasteiger charge is 2.33. The van der Waals surface area contributed by atoms with E-state index in [0.717, 1.165) is 17.5 Å². The minimum Gasteiger partial charge on any atom is -0.426 e. The molecule has 2 aliphatic rings. The Labute approximate surface area is 204 Å². The second-order valence-corrected chi connectivity index (χ2v) is 8.93. The number of aliphatic imine (C=N–C) groups is 1. The number of hydrogen-bond acceptors (Lipinski definition) is 4. The molecule has 8 heteroatoms. The van der Waals surface area contributed by atoms with E-state index in [0.29, 0.717) is 43.1 Å². The lowest BCUT2D eigenvalue weighted by Gasteiger charge is -2.39. The molecule has 0 radical (unpaired) electrons. The van der Waals surface area contributed by atoms with Crippen molar-refractivity contribution in [2.24, 2.45) is 10.7 Å². The molecular weight excluding hydrogens is 450 g/mol. The Kier molecular flexibility index (Phi) is 7.19. The summed E-state index contributed by atoms with van der Waals surface area (Å²) in [6, 6.07) is 10.3. The highest BCUT2D eigenvalue weighted by molar-refractivity contribution is 5.86. The molecule has 184 valence electrons. The topological polar surface area (TPSA) is 79.9 Å². The average Bonchev–Trinajstić information content (AvgIpc) is 2.77. The number of piperidine rings is 1. The van der Waals surface area contributed by atoms with Crippen LogP contribution in [0.15, 0.2) is 59.7 Å². The third-order valence-corrected chi connectivity index (χ3v) is 6.32. The van der Waals surface area contributed by atoms with Crippen molar-refractivity contribution in [2.45, 2.75) is 45.1 Å². The zero-order chi connectivity index (χ0) is 25.1. The van der Waals surface area contributed by atoms with E-state index >= 15 is 0 Å². The van der Waals surface area contributed by atoms with Crippen LogP contribution in [0.2, 0.25) is 0 Å². The van der Waals surface area contributed by atoms with Crippen molar-refractivity contribution in [3.63, 3.8) is 0 Å². The number of amidine groups is 1. The Morgan fingerprint density at radius 2 is 1.97 bits per heavy atom. The normalized spacial score (nSPS) is 19.4. The standard InChI is InChI=1S/C27H30F2N4O2/c1-4-7-24(20-9-6-5-8-16(20)2)35-27(30)32-18-14-33(15-18)19-12-22(28)25(23(29)13-19)21-11-10-17(3)31-26(21)34/h5-9,12-13,18,21H,3-4,10-11,14-15H2,1-2H3,(H2,30,32)(H,31,34)/b24-7+. The number of hydrogen-bond donors (Lipinski definition) is 2. The number of carbonyl (C=O) groups excluding carboxylic acids is 1. The van der Waals surface area contributed by atoms with Crippen molar-refractivity contribution >= 4 is 23.4 Å². The van der Waals surface area contributed by atoms with E-state index in [1.165, 1.54) is 12.1 Å². The lowest BCUT2D eigenvalue weighted by Crippen LogP contribution is -2.51. The molecule has 0 saturated carbocycles. The van der Waals surface area contributed by atoms with Crippen LogP contribution in [0.25, 0.3) is 5.76 Å². The Balaban J connectivity index is 1.41. The number of nitrogens with two attached hydrogens (primary N) is 1. The highest BCUT2D eigenvalue weighted by Crippen LogP contribution is 2.34. The summed E-state index contributed by atoms with van der Waals surface area (Å²) in [5, 5.41) is 2.58. The number of nitrogens with zero attached hydrogens (tertiary/aromatic N) is 2. The number of rotatable bonds is 6. The molecule has 0 aliphatic carbocycles. The number of aryl methyl sites for hydroxylation is 1. The number of ether oxygens (including phenoxy) is 1. The van der Waals surface area contributed by atoms with Crippen LogP contribution in [0.4, 0.5) is 14.5 Å². The van der Waals surface area contributed by atoms with Crippen LogP contribution < -0.4 is 16.0 Å². The Morgan fingerprint density at radius 3 is 2.60 bits per heavy atom. The van der Waals surface area contributed by atoms with Crippen LogP contribution >= 0.6 is 0 Å². The smallest absolute Gasteiger partial charge is 0.287 e. The summed E-state index contributed by atoms with van der Waals surface area (Å²) < 4.78 is 35.6. The molecule has 1 amide bonds. The summed E-state index contributed by atoms with van der Waals surface area (Å²) in [4.78, 5) is 18.4. The molecular formula is C27H30F2N4O2. The van der Waals surface area contributed by atoms with Crippen molar-refractivity contribution in [1.82, 2.24) is 5.32 Å². The first-order chi connectivity index (χ1) is 16.8. The molecule has 2 aromatic carbocycles. The molecule has 2 aliphatic heterocycles. The number of halogens is 2. The number of anilines is 1.